The van der Waals surface area contributed by atoms with Gasteiger partial charge in [0.1, 0.15) is 0 Å². The molecule has 0 saturated heterocycles. The Hall–Kier alpha value is -1.01. The number of terminal acetylenes is 1. The van der Waals surface area contributed by atoms with Crippen molar-refractivity contribution in [3.63, 3.8) is 0 Å². The largest absolute Gasteiger partial charge is 0.481 e. The fraction of sp³-hybridized carbons (Fsp3) is 0.786. The first kappa shape index (κ1) is 14.1. The fourth-order valence-electron chi connectivity index (χ4n) is 2.70. The lowest BCUT2D eigenvalue weighted by Crippen LogP contribution is -2.44. The molecule has 0 spiro atoms. The lowest BCUT2D eigenvalue weighted by molar-refractivity contribution is -0.142. The first-order chi connectivity index (χ1) is 8.06. The van der Waals surface area contributed by atoms with E-state index in [0.29, 0.717) is 25.0 Å². The van der Waals surface area contributed by atoms with Gasteiger partial charge in [0.2, 0.25) is 0 Å². The van der Waals surface area contributed by atoms with Crippen LogP contribution in [0.25, 0.3) is 0 Å². The number of aliphatic carboxylic acids is 1. The lowest BCUT2D eigenvalue weighted by Gasteiger charge is -2.38. The highest BCUT2D eigenvalue weighted by atomic mass is 16.4. The average Bonchev–Trinajstić information content (AvgIpc) is 2.29. The minimum absolute atomic E-state index is 0.350. The van der Waals surface area contributed by atoms with Crippen LogP contribution in [0, 0.1) is 24.2 Å². The molecule has 0 aromatic heterocycles. The Labute approximate surface area is 104 Å². The van der Waals surface area contributed by atoms with Crippen molar-refractivity contribution in [1.29, 1.82) is 0 Å². The van der Waals surface area contributed by atoms with Gasteiger partial charge in [-0.2, -0.15) is 0 Å². The molecule has 1 aliphatic rings. The van der Waals surface area contributed by atoms with Crippen LogP contribution >= 0.6 is 0 Å². The Morgan fingerprint density at radius 3 is 2.71 bits per heavy atom. The molecule has 1 saturated carbocycles. The molecule has 0 heterocycles. The summed E-state index contributed by atoms with van der Waals surface area (Å²) in [5.41, 5.74) is 0. The van der Waals surface area contributed by atoms with Crippen molar-refractivity contribution in [2.24, 2.45) is 11.8 Å². The van der Waals surface area contributed by atoms with E-state index in [0.717, 1.165) is 6.42 Å². The molecule has 3 heteroatoms. The predicted molar refractivity (Wildman–Crippen MR) is 68.6 cm³/mol. The highest BCUT2D eigenvalue weighted by molar-refractivity contribution is 5.69. The molecular formula is C14H23NO2. The summed E-state index contributed by atoms with van der Waals surface area (Å²) in [5, 5.41) is 8.99. The first-order valence-electron chi connectivity index (χ1n) is 6.46. The molecule has 1 N–H and O–H groups in total. The van der Waals surface area contributed by atoms with Gasteiger partial charge in [-0.15, -0.1) is 6.42 Å². The summed E-state index contributed by atoms with van der Waals surface area (Å²) in [4.78, 5) is 13.1. The molecule has 0 aromatic carbocycles. The van der Waals surface area contributed by atoms with Gasteiger partial charge < -0.3 is 5.11 Å². The number of carboxylic acids is 1. The van der Waals surface area contributed by atoms with Crippen LogP contribution in [-0.2, 0) is 4.79 Å². The Morgan fingerprint density at radius 1 is 1.53 bits per heavy atom. The van der Waals surface area contributed by atoms with E-state index < -0.39 is 5.97 Å². The molecule has 17 heavy (non-hydrogen) atoms. The highest BCUT2D eigenvalue weighted by Gasteiger charge is 2.28. The topological polar surface area (TPSA) is 40.5 Å². The molecular weight excluding hydrogens is 214 g/mol. The van der Waals surface area contributed by atoms with Gasteiger partial charge >= 0.3 is 5.97 Å². The summed E-state index contributed by atoms with van der Waals surface area (Å²) in [6.07, 6.45) is 10.3. The SMILES string of the molecule is C#CCN(CC(C)C(=O)O)C1CCCCC1C. The van der Waals surface area contributed by atoms with Crippen molar-refractivity contribution in [2.75, 3.05) is 13.1 Å². The maximum Gasteiger partial charge on any atom is 0.307 e. The van der Waals surface area contributed by atoms with Crippen molar-refractivity contribution < 1.29 is 9.90 Å². The van der Waals surface area contributed by atoms with Gasteiger partial charge in [-0.05, 0) is 18.8 Å². The Kier molecular flexibility index (Phi) is 5.50. The number of rotatable bonds is 5. The predicted octanol–water partition coefficient (Wildman–Crippen LogP) is 2.22. The average molecular weight is 237 g/mol. The van der Waals surface area contributed by atoms with Crippen LogP contribution in [0.5, 0.6) is 0 Å². The zero-order valence-electron chi connectivity index (χ0n) is 10.9. The molecule has 0 radical (unpaired) electrons. The van der Waals surface area contributed by atoms with Crippen molar-refractivity contribution in [2.45, 2.75) is 45.6 Å². The van der Waals surface area contributed by atoms with E-state index in [1.165, 1.54) is 19.3 Å². The van der Waals surface area contributed by atoms with Gasteiger partial charge in [0.05, 0.1) is 12.5 Å². The maximum absolute atomic E-state index is 10.9. The molecule has 3 unspecified atom stereocenters. The van der Waals surface area contributed by atoms with Crippen LogP contribution < -0.4 is 0 Å². The van der Waals surface area contributed by atoms with E-state index in [4.69, 9.17) is 11.5 Å². The minimum Gasteiger partial charge on any atom is -0.481 e. The molecule has 1 fully saturated rings. The summed E-state index contributed by atoms with van der Waals surface area (Å²) >= 11 is 0. The second kappa shape index (κ2) is 6.66. The molecule has 0 amide bonds. The second-order valence-corrected chi connectivity index (χ2v) is 5.20. The van der Waals surface area contributed by atoms with Crippen LogP contribution in [0.4, 0.5) is 0 Å². The van der Waals surface area contributed by atoms with E-state index in [1.807, 2.05) is 0 Å². The number of nitrogens with zero attached hydrogens (tertiary/aromatic N) is 1. The van der Waals surface area contributed by atoms with Crippen LogP contribution in [0.2, 0.25) is 0 Å². The van der Waals surface area contributed by atoms with Crippen LogP contribution in [0.15, 0.2) is 0 Å². The maximum atomic E-state index is 10.9. The van der Waals surface area contributed by atoms with Gasteiger partial charge in [0.15, 0.2) is 0 Å². The summed E-state index contributed by atoms with van der Waals surface area (Å²) < 4.78 is 0. The molecule has 1 aliphatic carbocycles. The monoisotopic (exact) mass is 237 g/mol. The van der Waals surface area contributed by atoms with Gasteiger partial charge in [-0.3, -0.25) is 9.69 Å². The fourth-order valence-corrected chi connectivity index (χ4v) is 2.70. The number of carboxylic acid groups (broad SMARTS) is 1. The number of hydrogen-bond acceptors (Lipinski definition) is 2. The van der Waals surface area contributed by atoms with Gasteiger partial charge in [0.25, 0.3) is 0 Å². The molecule has 96 valence electrons. The number of carbonyl (C=O) groups is 1. The van der Waals surface area contributed by atoms with E-state index in [-0.39, 0.29) is 5.92 Å². The van der Waals surface area contributed by atoms with E-state index >= 15 is 0 Å². The van der Waals surface area contributed by atoms with Gasteiger partial charge in [-0.1, -0.05) is 32.6 Å². The summed E-state index contributed by atoms with van der Waals surface area (Å²) in [7, 11) is 0. The number of hydrogen-bond donors (Lipinski definition) is 1. The first-order valence-corrected chi connectivity index (χ1v) is 6.46. The van der Waals surface area contributed by atoms with E-state index in [1.54, 1.807) is 6.92 Å². The molecule has 0 aliphatic heterocycles. The van der Waals surface area contributed by atoms with Crippen LogP contribution in [0.3, 0.4) is 0 Å². The third-order valence-corrected chi connectivity index (χ3v) is 3.76. The van der Waals surface area contributed by atoms with Crippen LogP contribution in [-0.4, -0.2) is 35.1 Å². The quantitative estimate of drug-likeness (QED) is 0.745. The highest BCUT2D eigenvalue weighted by Crippen LogP contribution is 2.28. The molecule has 0 aromatic rings. The Balaban J connectivity index is 2.63. The van der Waals surface area contributed by atoms with Crippen LogP contribution in [0.1, 0.15) is 39.5 Å². The molecule has 0 bridgehead atoms. The molecule has 1 rings (SSSR count). The van der Waals surface area contributed by atoms with Gasteiger partial charge in [0, 0.05) is 12.6 Å². The molecule has 3 atom stereocenters. The summed E-state index contributed by atoms with van der Waals surface area (Å²) in [5.74, 6) is 2.20. The normalized spacial score (nSPS) is 26.5. The molecule has 3 nitrogen and oxygen atoms in total. The van der Waals surface area contributed by atoms with E-state index in [9.17, 15) is 4.79 Å². The zero-order valence-corrected chi connectivity index (χ0v) is 10.9. The van der Waals surface area contributed by atoms with E-state index in [2.05, 4.69) is 17.7 Å². The smallest absolute Gasteiger partial charge is 0.307 e. The minimum atomic E-state index is -0.740. The third-order valence-electron chi connectivity index (χ3n) is 3.76. The van der Waals surface area contributed by atoms with Gasteiger partial charge in [-0.25, -0.2) is 0 Å². The van der Waals surface area contributed by atoms with Crippen molar-refractivity contribution in [3.05, 3.63) is 0 Å². The van der Waals surface area contributed by atoms with Crippen molar-refractivity contribution in [3.8, 4) is 12.3 Å². The van der Waals surface area contributed by atoms with Crippen molar-refractivity contribution in [1.82, 2.24) is 4.90 Å². The Bertz CT molecular complexity index is 295. The zero-order chi connectivity index (χ0) is 12.8. The van der Waals surface area contributed by atoms with Crippen molar-refractivity contribution >= 4 is 5.97 Å². The second-order valence-electron chi connectivity index (χ2n) is 5.20. The third kappa shape index (κ3) is 4.05. The summed E-state index contributed by atoms with van der Waals surface area (Å²) in [6.45, 7) is 5.12. The summed E-state index contributed by atoms with van der Waals surface area (Å²) in [6, 6.07) is 0.460. The standard InChI is InChI=1S/C14H23NO2/c1-4-9-15(10-12(3)14(16)17)13-8-6-5-7-11(13)2/h1,11-13H,5-10H2,2-3H3,(H,16,17). The lowest BCUT2D eigenvalue weighted by atomic mass is 9.84. The Morgan fingerprint density at radius 2 is 2.18 bits per heavy atom.